The minimum Gasteiger partial charge on any atom is -0.493 e. The number of sulfonamides is 1. The fraction of sp³-hybridized carbons (Fsp3) is 0.381. The zero-order valence-corrected chi connectivity index (χ0v) is 18.6. The molecular weight excluding hydrogens is 422 g/mol. The van der Waals surface area contributed by atoms with Gasteiger partial charge < -0.3 is 24.8 Å². The maximum absolute atomic E-state index is 13.9. The number of anilines is 1. The van der Waals surface area contributed by atoms with E-state index in [2.05, 4.69) is 0 Å². The molecular formula is C21H27N3O6S. The van der Waals surface area contributed by atoms with Crippen LogP contribution in [0.25, 0.3) is 0 Å². The first kappa shape index (κ1) is 23.0. The van der Waals surface area contributed by atoms with Crippen LogP contribution in [0.3, 0.4) is 0 Å². The summed E-state index contributed by atoms with van der Waals surface area (Å²) in [6.07, 6.45) is 0. The number of ketones is 1. The average molecular weight is 450 g/mol. The minimum atomic E-state index is -4.02. The number of nitrogens with two attached hydrogens (primary N) is 2. The second-order valence-electron chi connectivity index (χ2n) is 7.21. The Labute approximate surface area is 181 Å². The van der Waals surface area contributed by atoms with E-state index < -0.39 is 21.8 Å². The van der Waals surface area contributed by atoms with Gasteiger partial charge in [-0.3, -0.25) is 4.79 Å². The van der Waals surface area contributed by atoms with Gasteiger partial charge in [-0.25, -0.2) is 13.6 Å². The summed E-state index contributed by atoms with van der Waals surface area (Å²) in [6, 6.07) is 7.19. The zero-order chi connectivity index (χ0) is 22.8. The SMILES string of the molecule is COc1ccc(C(C)N)c(C(=O)c2cc(S(N)(=O)=O)ccc2N2CCOCC2)c1OC. The Hall–Kier alpha value is -2.66. The van der Waals surface area contributed by atoms with E-state index >= 15 is 0 Å². The molecule has 168 valence electrons. The molecule has 9 nitrogen and oxygen atoms in total. The van der Waals surface area contributed by atoms with Crippen molar-refractivity contribution in [3.05, 3.63) is 47.0 Å². The molecule has 4 N–H and O–H groups in total. The largest absolute Gasteiger partial charge is 0.493 e. The van der Waals surface area contributed by atoms with Crippen molar-refractivity contribution in [3.63, 3.8) is 0 Å². The lowest BCUT2D eigenvalue weighted by Gasteiger charge is -2.31. The fourth-order valence-electron chi connectivity index (χ4n) is 3.64. The molecule has 0 bridgehead atoms. The molecule has 1 saturated heterocycles. The van der Waals surface area contributed by atoms with E-state index in [1.807, 2.05) is 4.90 Å². The van der Waals surface area contributed by atoms with Gasteiger partial charge in [-0.05, 0) is 36.8 Å². The van der Waals surface area contributed by atoms with Crippen LogP contribution < -0.4 is 25.2 Å². The van der Waals surface area contributed by atoms with Crippen LogP contribution in [0.4, 0.5) is 5.69 Å². The monoisotopic (exact) mass is 449 g/mol. The highest BCUT2D eigenvalue weighted by molar-refractivity contribution is 7.89. The molecule has 0 spiro atoms. The summed E-state index contributed by atoms with van der Waals surface area (Å²) < 4.78 is 40.3. The van der Waals surface area contributed by atoms with Gasteiger partial charge >= 0.3 is 0 Å². The van der Waals surface area contributed by atoms with Gasteiger partial charge in [0.2, 0.25) is 10.0 Å². The van der Waals surface area contributed by atoms with Crippen molar-refractivity contribution >= 4 is 21.5 Å². The number of methoxy groups -OCH3 is 2. The Balaban J connectivity index is 2.27. The Kier molecular flexibility index (Phi) is 6.85. The molecule has 1 atom stereocenters. The maximum Gasteiger partial charge on any atom is 0.238 e. The van der Waals surface area contributed by atoms with Crippen LogP contribution >= 0.6 is 0 Å². The van der Waals surface area contributed by atoms with Gasteiger partial charge in [0, 0.05) is 30.4 Å². The highest BCUT2D eigenvalue weighted by Crippen LogP contribution is 2.38. The molecule has 1 aliphatic rings. The van der Waals surface area contributed by atoms with E-state index in [-0.39, 0.29) is 21.8 Å². The lowest BCUT2D eigenvalue weighted by molar-refractivity contribution is 0.103. The highest BCUT2D eigenvalue weighted by atomic mass is 32.2. The number of benzene rings is 2. The standard InChI is InChI=1S/C21H27N3O6S/c1-13(22)15-5-7-18(28-2)21(29-3)19(15)20(25)16-12-14(31(23,26)27)4-6-17(16)24-8-10-30-11-9-24/h4-7,12-13H,8-11,22H2,1-3H3,(H2,23,26,27). The van der Waals surface area contributed by atoms with Crippen LogP contribution in [0.2, 0.25) is 0 Å². The topological polar surface area (TPSA) is 134 Å². The van der Waals surface area contributed by atoms with Crippen molar-refractivity contribution in [1.29, 1.82) is 0 Å². The van der Waals surface area contributed by atoms with Crippen molar-refractivity contribution in [1.82, 2.24) is 0 Å². The third-order valence-corrected chi connectivity index (χ3v) is 6.10. The van der Waals surface area contributed by atoms with Gasteiger partial charge in [0.05, 0.1) is 37.9 Å². The van der Waals surface area contributed by atoms with Crippen molar-refractivity contribution in [2.24, 2.45) is 10.9 Å². The molecule has 2 aromatic rings. The molecule has 1 fully saturated rings. The van der Waals surface area contributed by atoms with Gasteiger partial charge in [-0.2, -0.15) is 0 Å². The van der Waals surface area contributed by atoms with E-state index in [9.17, 15) is 13.2 Å². The number of primary sulfonamides is 1. The van der Waals surface area contributed by atoms with Crippen LogP contribution in [0.5, 0.6) is 11.5 Å². The third-order valence-electron chi connectivity index (χ3n) is 5.19. The van der Waals surface area contributed by atoms with Crippen LogP contribution in [-0.2, 0) is 14.8 Å². The molecule has 0 aliphatic carbocycles. The number of rotatable bonds is 7. The zero-order valence-electron chi connectivity index (χ0n) is 17.8. The number of carbonyl (C=O) groups is 1. The first-order valence-electron chi connectivity index (χ1n) is 9.73. The van der Waals surface area contributed by atoms with Crippen LogP contribution in [0, 0.1) is 0 Å². The summed E-state index contributed by atoms with van der Waals surface area (Å²) >= 11 is 0. The lowest BCUT2D eigenvalue weighted by atomic mass is 9.92. The van der Waals surface area contributed by atoms with E-state index in [1.165, 1.54) is 26.4 Å². The average Bonchev–Trinajstić information content (AvgIpc) is 2.76. The number of hydrogen-bond donors (Lipinski definition) is 2. The first-order valence-corrected chi connectivity index (χ1v) is 11.3. The number of morpholine rings is 1. The molecule has 1 aliphatic heterocycles. The lowest BCUT2D eigenvalue weighted by Crippen LogP contribution is -2.37. The number of ether oxygens (including phenoxy) is 3. The first-order chi connectivity index (χ1) is 14.7. The number of hydrogen-bond acceptors (Lipinski definition) is 8. The van der Waals surface area contributed by atoms with Gasteiger partial charge in [0.25, 0.3) is 0 Å². The van der Waals surface area contributed by atoms with Gasteiger partial charge in [0.15, 0.2) is 17.3 Å². The number of nitrogens with zero attached hydrogens (tertiary/aromatic N) is 1. The van der Waals surface area contributed by atoms with Crippen LogP contribution in [0.15, 0.2) is 35.2 Å². The summed E-state index contributed by atoms with van der Waals surface area (Å²) in [4.78, 5) is 15.7. The Bertz CT molecular complexity index is 1080. The Morgan fingerprint density at radius 1 is 1.13 bits per heavy atom. The molecule has 0 amide bonds. The molecule has 0 radical (unpaired) electrons. The molecule has 2 aromatic carbocycles. The summed E-state index contributed by atoms with van der Waals surface area (Å²) in [6.45, 7) is 3.87. The summed E-state index contributed by atoms with van der Waals surface area (Å²) in [5.74, 6) is 0.164. The predicted molar refractivity (Wildman–Crippen MR) is 116 cm³/mol. The van der Waals surface area contributed by atoms with Gasteiger partial charge in [-0.15, -0.1) is 0 Å². The van der Waals surface area contributed by atoms with Gasteiger partial charge in [-0.1, -0.05) is 6.07 Å². The second-order valence-corrected chi connectivity index (χ2v) is 8.77. The maximum atomic E-state index is 13.9. The predicted octanol–water partition coefficient (Wildman–Crippen LogP) is 1.44. The van der Waals surface area contributed by atoms with Crippen LogP contribution in [-0.4, -0.2) is 54.7 Å². The molecule has 1 heterocycles. The van der Waals surface area contributed by atoms with E-state index in [4.69, 9.17) is 25.1 Å². The van der Waals surface area contributed by atoms with E-state index in [1.54, 1.807) is 25.1 Å². The molecule has 1 unspecified atom stereocenters. The second kappa shape index (κ2) is 9.23. The normalized spacial score (nSPS) is 15.5. The summed E-state index contributed by atoms with van der Waals surface area (Å²) in [5, 5.41) is 5.34. The smallest absolute Gasteiger partial charge is 0.238 e. The van der Waals surface area contributed by atoms with Crippen molar-refractivity contribution in [3.8, 4) is 11.5 Å². The fourth-order valence-corrected chi connectivity index (χ4v) is 4.18. The van der Waals surface area contributed by atoms with Crippen molar-refractivity contribution in [2.75, 3.05) is 45.4 Å². The molecule has 0 aromatic heterocycles. The van der Waals surface area contributed by atoms with Crippen molar-refractivity contribution in [2.45, 2.75) is 17.9 Å². The van der Waals surface area contributed by atoms with E-state index in [0.717, 1.165) is 0 Å². The summed E-state index contributed by atoms with van der Waals surface area (Å²) in [5.41, 5.74) is 7.67. The Morgan fingerprint density at radius 2 is 1.81 bits per heavy atom. The number of carbonyl (C=O) groups excluding carboxylic acids is 1. The quantitative estimate of drug-likeness (QED) is 0.607. The van der Waals surface area contributed by atoms with Crippen LogP contribution in [0.1, 0.15) is 34.5 Å². The third kappa shape index (κ3) is 4.67. The molecule has 31 heavy (non-hydrogen) atoms. The highest BCUT2D eigenvalue weighted by Gasteiger charge is 2.28. The molecule has 3 rings (SSSR count). The molecule has 10 heteroatoms. The minimum absolute atomic E-state index is 0.155. The molecule has 0 saturated carbocycles. The summed E-state index contributed by atoms with van der Waals surface area (Å²) in [7, 11) is -1.12. The van der Waals surface area contributed by atoms with Gasteiger partial charge in [0.1, 0.15) is 0 Å². The Morgan fingerprint density at radius 3 is 2.35 bits per heavy atom. The van der Waals surface area contributed by atoms with Crippen molar-refractivity contribution < 1.29 is 27.4 Å². The van der Waals surface area contributed by atoms with E-state index in [0.29, 0.717) is 43.3 Å².